The van der Waals surface area contributed by atoms with Crippen molar-refractivity contribution in [3.05, 3.63) is 47.5 Å². The number of rotatable bonds is 5. The Kier molecular flexibility index (Phi) is 5.33. The third-order valence-corrected chi connectivity index (χ3v) is 4.89. The molecule has 0 saturated carbocycles. The van der Waals surface area contributed by atoms with Gasteiger partial charge < -0.3 is 11.1 Å². The number of benzene rings is 1. The average Bonchev–Trinajstić information content (AvgIpc) is 3.17. The highest BCUT2D eigenvalue weighted by Crippen LogP contribution is 2.41. The first-order chi connectivity index (χ1) is 13.6. The van der Waals surface area contributed by atoms with Crippen molar-refractivity contribution >= 4 is 17.4 Å². The van der Waals surface area contributed by atoms with Gasteiger partial charge in [-0.2, -0.15) is 13.9 Å². The van der Waals surface area contributed by atoms with E-state index < -0.39 is 42.0 Å². The maximum atomic E-state index is 14.5. The van der Waals surface area contributed by atoms with Crippen molar-refractivity contribution in [3.8, 4) is 0 Å². The van der Waals surface area contributed by atoms with E-state index in [1.165, 1.54) is 19.1 Å². The summed E-state index contributed by atoms with van der Waals surface area (Å²) < 4.78 is 67.2. The molecule has 3 N–H and O–H groups in total. The summed E-state index contributed by atoms with van der Waals surface area (Å²) in [7, 11) is 0. The van der Waals surface area contributed by atoms with E-state index in [9.17, 15) is 26.7 Å². The van der Waals surface area contributed by atoms with Gasteiger partial charge in [-0.1, -0.05) is 0 Å². The molecule has 156 valence electrons. The molecule has 1 aromatic heterocycles. The minimum atomic E-state index is -2.89. The number of anilines is 1. The second kappa shape index (κ2) is 7.45. The first kappa shape index (κ1) is 20.7. The summed E-state index contributed by atoms with van der Waals surface area (Å²) in [6, 6.07) is 4.74. The van der Waals surface area contributed by atoms with Crippen molar-refractivity contribution in [3.63, 3.8) is 0 Å². The van der Waals surface area contributed by atoms with Crippen molar-refractivity contribution in [1.29, 1.82) is 0 Å². The molecule has 29 heavy (non-hydrogen) atoms. The molecule has 2 aromatic rings. The van der Waals surface area contributed by atoms with Gasteiger partial charge in [0.25, 0.3) is 5.91 Å². The monoisotopic (exact) mass is 415 g/mol. The number of halogens is 5. The number of amidine groups is 1. The summed E-state index contributed by atoms with van der Waals surface area (Å²) in [5, 5.41) is 5.88. The fourth-order valence-electron chi connectivity index (χ4n) is 3.10. The molecule has 0 fully saturated rings. The van der Waals surface area contributed by atoms with Crippen LogP contribution in [0.3, 0.4) is 0 Å². The van der Waals surface area contributed by atoms with Crippen molar-refractivity contribution in [2.45, 2.75) is 37.5 Å². The smallest absolute Gasteiger partial charge is 0.333 e. The van der Waals surface area contributed by atoms with Crippen LogP contribution in [0, 0.1) is 5.82 Å². The molecule has 0 bridgehead atoms. The predicted molar refractivity (Wildman–Crippen MR) is 95.9 cm³/mol. The van der Waals surface area contributed by atoms with Crippen LogP contribution in [0.2, 0.25) is 0 Å². The molecule has 0 spiro atoms. The van der Waals surface area contributed by atoms with Crippen LogP contribution in [-0.2, 0) is 5.54 Å². The topological polar surface area (TPSA) is 85.3 Å². The highest BCUT2D eigenvalue weighted by Gasteiger charge is 2.44. The van der Waals surface area contributed by atoms with Crippen LogP contribution >= 0.6 is 0 Å². The van der Waals surface area contributed by atoms with Gasteiger partial charge in [0.2, 0.25) is 0 Å². The quantitative estimate of drug-likeness (QED) is 0.730. The van der Waals surface area contributed by atoms with Gasteiger partial charge in [0.1, 0.15) is 18.3 Å². The molecule has 3 rings (SSSR count). The van der Waals surface area contributed by atoms with Crippen LogP contribution < -0.4 is 11.1 Å². The zero-order valence-electron chi connectivity index (χ0n) is 15.3. The van der Waals surface area contributed by atoms with E-state index in [4.69, 9.17) is 5.73 Å². The Balaban J connectivity index is 1.87. The lowest BCUT2D eigenvalue weighted by Gasteiger charge is -2.36. The van der Waals surface area contributed by atoms with Gasteiger partial charge in [0.05, 0.1) is 5.54 Å². The number of alkyl halides is 4. The van der Waals surface area contributed by atoms with Gasteiger partial charge in [-0.05, 0) is 44.0 Å². The normalized spacial score (nSPS) is 24.4. The first-order valence-corrected chi connectivity index (χ1v) is 8.63. The van der Waals surface area contributed by atoms with E-state index in [-0.39, 0.29) is 29.8 Å². The van der Waals surface area contributed by atoms with Crippen LogP contribution in [0.5, 0.6) is 0 Å². The van der Waals surface area contributed by atoms with Crippen molar-refractivity contribution < 1.29 is 26.7 Å². The third kappa shape index (κ3) is 3.94. The second-order valence-electron chi connectivity index (χ2n) is 6.98. The lowest BCUT2D eigenvalue weighted by Crippen LogP contribution is -2.48. The Labute approximate surface area is 162 Å². The highest BCUT2D eigenvalue weighted by atomic mass is 19.3. The fourth-order valence-corrected chi connectivity index (χ4v) is 3.10. The molecule has 11 heteroatoms. The summed E-state index contributed by atoms with van der Waals surface area (Å²) in [5.41, 5.74) is 1.85. The van der Waals surface area contributed by atoms with Crippen LogP contribution in [-0.4, -0.2) is 33.9 Å². The van der Waals surface area contributed by atoms with Gasteiger partial charge in [-0.3, -0.25) is 9.79 Å². The SMILES string of the molecule is C[C@@]1(c2cc(NC(=O)c3ccn(C(F)F)n3)ccc2F)CC[C@@](F)(CF)C(N)=N1. The first-order valence-electron chi connectivity index (χ1n) is 8.63. The van der Waals surface area contributed by atoms with Gasteiger partial charge >= 0.3 is 6.55 Å². The van der Waals surface area contributed by atoms with E-state index >= 15 is 0 Å². The lowest BCUT2D eigenvalue weighted by atomic mass is 9.80. The molecule has 1 aliphatic heterocycles. The second-order valence-corrected chi connectivity index (χ2v) is 6.98. The number of carbonyl (C=O) groups excluding carboxylic acids is 1. The molecular formula is C18H18F5N5O. The Bertz CT molecular complexity index is 962. The number of aromatic nitrogens is 2. The Morgan fingerprint density at radius 1 is 1.34 bits per heavy atom. The van der Waals surface area contributed by atoms with E-state index in [1.54, 1.807) is 0 Å². The van der Waals surface area contributed by atoms with Gasteiger partial charge in [0, 0.05) is 17.4 Å². The predicted octanol–water partition coefficient (Wildman–Crippen LogP) is 3.71. The van der Waals surface area contributed by atoms with Gasteiger partial charge in [0.15, 0.2) is 11.4 Å². The van der Waals surface area contributed by atoms with Crippen molar-refractivity contribution in [1.82, 2.24) is 9.78 Å². The van der Waals surface area contributed by atoms with Gasteiger partial charge in [-0.15, -0.1) is 0 Å². The largest absolute Gasteiger partial charge is 0.385 e. The Morgan fingerprint density at radius 2 is 2.07 bits per heavy atom. The fraction of sp³-hybridized carbons (Fsp3) is 0.389. The van der Waals surface area contributed by atoms with Gasteiger partial charge in [-0.25, -0.2) is 17.9 Å². The number of nitrogens with one attached hydrogen (secondary N) is 1. The summed E-state index contributed by atoms with van der Waals surface area (Å²) in [5.74, 6) is -2.00. The molecule has 0 unspecified atom stereocenters. The molecule has 0 saturated heterocycles. The highest BCUT2D eigenvalue weighted by molar-refractivity contribution is 6.02. The summed E-state index contributed by atoms with van der Waals surface area (Å²) in [6.45, 7) is -2.70. The number of hydrogen-bond donors (Lipinski definition) is 2. The average molecular weight is 415 g/mol. The third-order valence-electron chi connectivity index (χ3n) is 4.89. The number of hydrogen-bond acceptors (Lipinski definition) is 4. The minimum Gasteiger partial charge on any atom is -0.385 e. The molecule has 1 amide bonds. The number of amides is 1. The standard InChI is InChI=1S/C18H18F5N5O/c1-17(5-6-18(23,9-19)15(24)26-17)11-8-10(2-3-12(11)20)25-14(29)13-4-7-28(27-13)16(21)22/h2-4,7-8,16H,5-6,9H2,1H3,(H2,24,26)(H,25,29)/t17-,18+/m0/s1. The van der Waals surface area contributed by atoms with Crippen LogP contribution in [0.25, 0.3) is 0 Å². The van der Waals surface area contributed by atoms with E-state index in [1.807, 2.05) is 0 Å². The van der Waals surface area contributed by atoms with E-state index in [0.29, 0.717) is 4.68 Å². The maximum absolute atomic E-state index is 14.5. The van der Waals surface area contributed by atoms with Crippen molar-refractivity contribution in [2.75, 3.05) is 12.0 Å². The Hall–Kier alpha value is -2.98. The zero-order valence-corrected chi connectivity index (χ0v) is 15.3. The zero-order chi connectivity index (χ0) is 21.4. The number of aliphatic imine (C=N–C) groups is 1. The molecule has 6 nitrogen and oxygen atoms in total. The van der Waals surface area contributed by atoms with E-state index in [2.05, 4.69) is 15.4 Å². The maximum Gasteiger partial charge on any atom is 0.333 e. The van der Waals surface area contributed by atoms with E-state index in [0.717, 1.165) is 18.3 Å². The molecule has 2 heterocycles. The molecule has 0 radical (unpaired) electrons. The molecule has 0 aliphatic carbocycles. The van der Waals surface area contributed by atoms with Crippen LogP contribution in [0.4, 0.5) is 27.6 Å². The van der Waals surface area contributed by atoms with Crippen LogP contribution in [0.15, 0.2) is 35.5 Å². The minimum absolute atomic E-state index is 0.0127. The number of carbonyl (C=O) groups is 1. The molecule has 1 aliphatic rings. The molecule has 2 atom stereocenters. The number of nitrogens with two attached hydrogens (primary N) is 1. The lowest BCUT2D eigenvalue weighted by molar-refractivity contribution is 0.0561. The summed E-state index contributed by atoms with van der Waals surface area (Å²) >= 11 is 0. The van der Waals surface area contributed by atoms with Crippen LogP contribution in [0.1, 0.15) is 42.4 Å². The summed E-state index contributed by atoms with van der Waals surface area (Å²) in [6.07, 6.45) is 0.655. The Morgan fingerprint density at radius 3 is 2.66 bits per heavy atom. The number of nitrogens with zero attached hydrogens (tertiary/aromatic N) is 3. The molecule has 1 aromatic carbocycles. The van der Waals surface area contributed by atoms with Crippen molar-refractivity contribution in [2.24, 2.45) is 10.7 Å². The molecular weight excluding hydrogens is 397 g/mol. The summed E-state index contributed by atoms with van der Waals surface area (Å²) in [4.78, 5) is 16.2.